The third-order valence-corrected chi connectivity index (χ3v) is 6.60. The Labute approximate surface area is 187 Å². The molecule has 0 atom stereocenters. The van der Waals surface area contributed by atoms with Gasteiger partial charge in [0.2, 0.25) is 0 Å². The van der Waals surface area contributed by atoms with Crippen LogP contribution in [0, 0.1) is 0 Å². The quantitative estimate of drug-likeness (QED) is 0.446. The summed E-state index contributed by atoms with van der Waals surface area (Å²) in [5, 5.41) is 2.19. The number of rotatable bonds is 6. The van der Waals surface area contributed by atoms with Crippen LogP contribution in [-0.2, 0) is 6.54 Å². The zero-order valence-electron chi connectivity index (χ0n) is 18.6. The maximum Gasteiger partial charge on any atom is 0.338 e. The van der Waals surface area contributed by atoms with Crippen LogP contribution in [0.15, 0.2) is 63.9 Å². The van der Waals surface area contributed by atoms with E-state index in [4.69, 9.17) is 9.15 Å². The van der Waals surface area contributed by atoms with Gasteiger partial charge >= 0.3 is 5.63 Å². The molecule has 6 nitrogen and oxygen atoms in total. The van der Waals surface area contributed by atoms with E-state index in [2.05, 4.69) is 46.0 Å². The van der Waals surface area contributed by atoms with Crippen molar-refractivity contribution in [3.8, 4) is 5.75 Å². The minimum absolute atomic E-state index is 0.311. The summed E-state index contributed by atoms with van der Waals surface area (Å²) in [7, 11) is 1.65. The Morgan fingerprint density at radius 1 is 1.12 bits per heavy atom. The normalized spacial score (nSPS) is 15.4. The van der Waals surface area contributed by atoms with Gasteiger partial charge in [-0.05, 0) is 67.1 Å². The number of hydrogen-bond acceptors (Lipinski definition) is 5. The fourth-order valence-corrected chi connectivity index (χ4v) is 4.96. The van der Waals surface area contributed by atoms with Crippen LogP contribution >= 0.6 is 0 Å². The summed E-state index contributed by atoms with van der Waals surface area (Å²) < 4.78 is 10.9. The molecule has 0 aliphatic carbocycles. The Morgan fingerprint density at radius 3 is 2.75 bits per heavy atom. The molecule has 1 aliphatic rings. The lowest BCUT2D eigenvalue weighted by molar-refractivity contribution is 0.202. The van der Waals surface area contributed by atoms with Crippen LogP contribution in [0.1, 0.15) is 25.3 Å². The molecule has 1 fully saturated rings. The highest BCUT2D eigenvalue weighted by molar-refractivity contribution is 5.91. The number of methoxy groups -OCH3 is 1. The van der Waals surface area contributed by atoms with Crippen molar-refractivity contribution >= 4 is 27.6 Å². The van der Waals surface area contributed by atoms with Crippen LogP contribution in [0.5, 0.6) is 5.75 Å². The maximum atomic E-state index is 12.3. The molecule has 1 saturated heterocycles. The molecular formula is C26H29N3O3. The van der Waals surface area contributed by atoms with Gasteiger partial charge in [-0.1, -0.05) is 6.07 Å². The third kappa shape index (κ3) is 3.98. The number of aromatic amines is 1. The predicted molar refractivity (Wildman–Crippen MR) is 129 cm³/mol. The van der Waals surface area contributed by atoms with Crippen molar-refractivity contribution in [1.29, 1.82) is 0 Å². The van der Waals surface area contributed by atoms with Crippen LogP contribution in [0.25, 0.3) is 21.9 Å². The summed E-state index contributed by atoms with van der Waals surface area (Å²) in [5.41, 5.74) is 3.76. The van der Waals surface area contributed by atoms with Gasteiger partial charge in [-0.2, -0.15) is 0 Å². The summed E-state index contributed by atoms with van der Waals surface area (Å²) in [6.45, 7) is 6.03. The molecule has 0 spiro atoms. The molecule has 0 bridgehead atoms. The van der Waals surface area contributed by atoms with E-state index in [1.165, 1.54) is 16.5 Å². The molecule has 0 unspecified atom stereocenters. The number of hydrogen-bond donors (Lipinski definition) is 1. The van der Waals surface area contributed by atoms with E-state index in [-0.39, 0.29) is 5.63 Å². The van der Waals surface area contributed by atoms with Crippen LogP contribution in [0.4, 0.5) is 5.69 Å². The second-order valence-corrected chi connectivity index (χ2v) is 8.51. The van der Waals surface area contributed by atoms with E-state index in [1.807, 2.05) is 24.4 Å². The second kappa shape index (κ2) is 8.71. The molecule has 0 radical (unpaired) electrons. The lowest BCUT2D eigenvalue weighted by atomic mass is 10.0. The molecule has 32 heavy (non-hydrogen) atoms. The first-order chi connectivity index (χ1) is 15.6. The van der Waals surface area contributed by atoms with Crippen molar-refractivity contribution in [2.75, 3.05) is 31.6 Å². The van der Waals surface area contributed by atoms with E-state index < -0.39 is 0 Å². The number of nitrogens with zero attached hydrogens (tertiary/aromatic N) is 2. The topological polar surface area (TPSA) is 61.7 Å². The van der Waals surface area contributed by atoms with Crippen LogP contribution in [0.3, 0.4) is 0 Å². The molecule has 1 N–H and O–H groups in total. The maximum absolute atomic E-state index is 12.3. The SMILES string of the molecule is CCN(c1cc(=O)oc2ccc(OC)cc12)C1CCN(Cc2ccc3[nH]ccc3c2)CC1. The van der Waals surface area contributed by atoms with Crippen molar-refractivity contribution in [2.24, 2.45) is 0 Å². The van der Waals surface area contributed by atoms with Gasteiger partial charge < -0.3 is 19.0 Å². The number of benzene rings is 2. The van der Waals surface area contributed by atoms with E-state index in [1.54, 1.807) is 13.2 Å². The Bertz CT molecular complexity index is 1280. The van der Waals surface area contributed by atoms with Crippen LogP contribution in [-0.4, -0.2) is 42.7 Å². The minimum Gasteiger partial charge on any atom is -0.497 e. The van der Waals surface area contributed by atoms with Crippen molar-refractivity contribution in [3.63, 3.8) is 0 Å². The second-order valence-electron chi connectivity index (χ2n) is 8.51. The van der Waals surface area contributed by atoms with E-state index in [0.717, 1.165) is 55.8 Å². The number of nitrogens with one attached hydrogen (secondary N) is 1. The first kappa shape index (κ1) is 20.6. The fraction of sp³-hybridized carbons (Fsp3) is 0.346. The number of fused-ring (bicyclic) bond motifs is 2. The molecule has 0 amide bonds. The molecule has 3 heterocycles. The first-order valence-electron chi connectivity index (χ1n) is 11.3. The minimum atomic E-state index is -0.311. The zero-order chi connectivity index (χ0) is 22.1. The number of ether oxygens (including phenoxy) is 1. The summed E-state index contributed by atoms with van der Waals surface area (Å²) >= 11 is 0. The summed E-state index contributed by atoms with van der Waals surface area (Å²) in [6, 6.07) is 16.4. The molecule has 4 aromatic rings. The number of aromatic nitrogens is 1. The smallest absolute Gasteiger partial charge is 0.338 e. The van der Waals surface area contributed by atoms with Crippen molar-refractivity contribution in [1.82, 2.24) is 9.88 Å². The predicted octanol–water partition coefficient (Wildman–Crippen LogP) is 4.77. The molecule has 5 rings (SSSR count). The van der Waals surface area contributed by atoms with Crippen molar-refractivity contribution in [2.45, 2.75) is 32.4 Å². The van der Waals surface area contributed by atoms with Gasteiger partial charge in [-0.3, -0.25) is 4.90 Å². The number of anilines is 1. The number of piperidine rings is 1. The molecule has 2 aromatic heterocycles. The van der Waals surface area contributed by atoms with Crippen LogP contribution in [0.2, 0.25) is 0 Å². The Kier molecular flexibility index (Phi) is 5.62. The molecule has 1 aliphatic heterocycles. The number of H-pyrrole nitrogens is 1. The first-order valence-corrected chi connectivity index (χ1v) is 11.3. The standard InChI is InChI=1S/C26H29N3O3/c1-3-29(24-16-26(30)32-25-7-5-21(31-2)15-22(24)25)20-9-12-28(13-10-20)17-18-4-6-23-19(14-18)8-11-27-23/h4-8,11,14-16,20,27H,3,9-10,12-13,17H2,1-2H3. The zero-order valence-corrected chi connectivity index (χ0v) is 18.6. The van der Waals surface area contributed by atoms with Crippen LogP contribution < -0.4 is 15.3 Å². The van der Waals surface area contributed by atoms with Gasteiger partial charge in [0.1, 0.15) is 11.3 Å². The summed E-state index contributed by atoms with van der Waals surface area (Å²) in [6.07, 6.45) is 4.11. The molecule has 166 valence electrons. The van der Waals surface area contributed by atoms with Gasteiger partial charge in [0, 0.05) is 55.4 Å². The lowest BCUT2D eigenvalue weighted by Crippen LogP contribution is -2.45. The third-order valence-electron chi connectivity index (χ3n) is 6.60. The number of likely N-dealkylation sites (tertiary alicyclic amines) is 1. The highest BCUT2D eigenvalue weighted by Crippen LogP contribution is 2.32. The lowest BCUT2D eigenvalue weighted by Gasteiger charge is -2.39. The van der Waals surface area contributed by atoms with Crippen molar-refractivity contribution < 1.29 is 9.15 Å². The van der Waals surface area contributed by atoms with Gasteiger partial charge in [-0.15, -0.1) is 0 Å². The Morgan fingerprint density at radius 2 is 1.97 bits per heavy atom. The van der Waals surface area contributed by atoms with E-state index >= 15 is 0 Å². The summed E-state index contributed by atoms with van der Waals surface area (Å²) in [4.78, 5) is 20.4. The highest BCUT2D eigenvalue weighted by Gasteiger charge is 2.26. The van der Waals surface area contributed by atoms with Gasteiger partial charge in [0.15, 0.2) is 0 Å². The van der Waals surface area contributed by atoms with Gasteiger partial charge in [0.25, 0.3) is 0 Å². The van der Waals surface area contributed by atoms with E-state index in [0.29, 0.717) is 11.6 Å². The largest absolute Gasteiger partial charge is 0.497 e. The van der Waals surface area contributed by atoms with E-state index in [9.17, 15) is 4.79 Å². The molecule has 0 saturated carbocycles. The highest BCUT2D eigenvalue weighted by atomic mass is 16.5. The monoisotopic (exact) mass is 431 g/mol. The van der Waals surface area contributed by atoms with Crippen molar-refractivity contribution in [3.05, 3.63) is 70.7 Å². The average Bonchev–Trinajstić information content (AvgIpc) is 3.28. The molecule has 6 heteroatoms. The summed E-state index contributed by atoms with van der Waals surface area (Å²) in [5.74, 6) is 0.762. The Balaban J connectivity index is 1.33. The molecular weight excluding hydrogens is 402 g/mol. The average molecular weight is 432 g/mol. The van der Waals surface area contributed by atoms with Gasteiger partial charge in [-0.25, -0.2) is 4.79 Å². The fourth-order valence-electron chi connectivity index (χ4n) is 4.96. The Hall–Kier alpha value is -3.25. The van der Waals surface area contributed by atoms with Gasteiger partial charge in [0.05, 0.1) is 12.8 Å². The molecule has 2 aromatic carbocycles.